The summed E-state index contributed by atoms with van der Waals surface area (Å²) in [4.78, 5) is 13.4. The second-order valence-corrected chi connectivity index (χ2v) is 7.07. The molecule has 0 radical (unpaired) electrons. The Kier molecular flexibility index (Phi) is 5.49. The van der Waals surface area contributed by atoms with Crippen LogP contribution in [0.15, 0.2) is 83.4 Å². The van der Waals surface area contributed by atoms with Crippen molar-refractivity contribution in [2.45, 2.75) is 0 Å². The van der Waals surface area contributed by atoms with E-state index in [1.54, 1.807) is 53.6 Å². The number of carbonyl (C=O) groups is 1. The fourth-order valence-electron chi connectivity index (χ4n) is 2.79. The standard InChI is InChI=1S/C22H18N4O2S/c1-28-19-10-5-7-16(13-19)22(27)24-23-14-17-15-26(18-8-3-2-4-9-18)25-21(17)20-11-6-12-29-20/h2-15H,1H3,(H,24,27)/b23-14+. The van der Waals surface area contributed by atoms with E-state index in [-0.39, 0.29) is 5.91 Å². The van der Waals surface area contributed by atoms with Gasteiger partial charge in [0.1, 0.15) is 11.4 Å². The third kappa shape index (κ3) is 4.25. The molecule has 0 atom stereocenters. The molecule has 6 nitrogen and oxygen atoms in total. The number of rotatable bonds is 6. The second-order valence-electron chi connectivity index (χ2n) is 6.12. The molecule has 0 saturated carbocycles. The van der Waals surface area contributed by atoms with Gasteiger partial charge in [-0.3, -0.25) is 4.79 Å². The molecule has 0 bridgehead atoms. The molecule has 7 heteroatoms. The highest BCUT2D eigenvalue weighted by Gasteiger charge is 2.12. The van der Waals surface area contributed by atoms with Crippen LogP contribution in [0.5, 0.6) is 5.75 Å². The van der Waals surface area contributed by atoms with Crippen molar-refractivity contribution in [2.24, 2.45) is 5.10 Å². The van der Waals surface area contributed by atoms with Crippen LogP contribution < -0.4 is 10.2 Å². The highest BCUT2D eigenvalue weighted by atomic mass is 32.1. The Balaban J connectivity index is 1.58. The van der Waals surface area contributed by atoms with E-state index >= 15 is 0 Å². The van der Waals surface area contributed by atoms with Gasteiger partial charge in [0.05, 0.1) is 23.9 Å². The Morgan fingerprint density at radius 3 is 2.76 bits per heavy atom. The Morgan fingerprint density at radius 2 is 2.00 bits per heavy atom. The number of benzene rings is 2. The van der Waals surface area contributed by atoms with E-state index in [1.165, 1.54) is 0 Å². The molecule has 144 valence electrons. The van der Waals surface area contributed by atoms with Crippen molar-refractivity contribution in [3.8, 4) is 22.0 Å². The summed E-state index contributed by atoms with van der Waals surface area (Å²) < 4.78 is 6.96. The molecule has 0 spiro atoms. The number of aromatic nitrogens is 2. The summed E-state index contributed by atoms with van der Waals surface area (Å²) in [5.41, 5.74) is 5.60. The van der Waals surface area contributed by atoms with E-state index in [0.29, 0.717) is 11.3 Å². The van der Waals surface area contributed by atoms with Gasteiger partial charge in [-0.05, 0) is 41.8 Å². The van der Waals surface area contributed by atoms with Gasteiger partial charge >= 0.3 is 0 Å². The number of carbonyl (C=O) groups excluding carboxylic acids is 1. The summed E-state index contributed by atoms with van der Waals surface area (Å²) in [5.74, 6) is 0.305. The van der Waals surface area contributed by atoms with Crippen molar-refractivity contribution in [3.05, 3.63) is 89.4 Å². The first-order valence-electron chi connectivity index (χ1n) is 8.91. The molecule has 4 aromatic rings. The highest BCUT2D eigenvalue weighted by molar-refractivity contribution is 7.13. The van der Waals surface area contributed by atoms with Crippen molar-refractivity contribution in [1.29, 1.82) is 0 Å². The number of nitrogens with zero attached hydrogens (tertiary/aromatic N) is 3. The minimum absolute atomic E-state index is 0.312. The summed E-state index contributed by atoms with van der Waals surface area (Å²) in [5, 5.41) is 10.8. The maximum absolute atomic E-state index is 12.3. The lowest BCUT2D eigenvalue weighted by Crippen LogP contribution is -2.17. The Morgan fingerprint density at radius 1 is 1.14 bits per heavy atom. The third-order valence-electron chi connectivity index (χ3n) is 4.22. The van der Waals surface area contributed by atoms with Gasteiger partial charge in [-0.1, -0.05) is 30.3 Å². The van der Waals surface area contributed by atoms with Gasteiger partial charge in [0.25, 0.3) is 5.91 Å². The maximum Gasteiger partial charge on any atom is 0.271 e. The fraction of sp³-hybridized carbons (Fsp3) is 0.0455. The summed E-state index contributed by atoms with van der Waals surface area (Å²) in [7, 11) is 1.56. The van der Waals surface area contributed by atoms with Crippen LogP contribution in [0, 0.1) is 0 Å². The van der Waals surface area contributed by atoms with E-state index in [4.69, 9.17) is 9.84 Å². The fourth-order valence-corrected chi connectivity index (χ4v) is 3.52. The van der Waals surface area contributed by atoms with Crippen LogP contribution in [-0.2, 0) is 0 Å². The SMILES string of the molecule is COc1cccc(C(=O)N/N=C/c2cn(-c3ccccc3)nc2-c2cccs2)c1. The van der Waals surface area contributed by atoms with Gasteiger partial charge < -0.3 is 4.74 Å². The van der Waals surface area contributed by atoms with Crippen LogP contribution in [0.25, 0.3) is 16.3 Å². The zero-order chi connectivity index (χ0) is 20.1. The molecule has 2 heterocycles. The van der Waals surface area contributed by atoms with Gasteiger partial charge in [0.15, 0.2) is 0 Å². The Bertz CT molecular complexity index is 1130. The summed E-state index contributed by atoms with van der Waals surface area (Å²) >= 11 is 1.60. The lowest BCUT2D eigenvalue weighted by Gasteiger charge is -2.02. The molecule has 0 fully saturated rings. The molecule has 1 amide bonds. The number of ether oxygens (including phenoxy) is 1. The molecular formula is C22H18N4O2S. The average molecular weight is 402 g/mol. The molecule has 29 heavy (non-hydrogen) atoms. The quantitative estimate of drug-likeness (QED) is 0.385. The summed E-state index contributed by atoms with van der Waals surface area (Å²) in [6.07, 6.45) is 3.51. The molecule has 4 rings (SSSR count). The minimum Gasteiger partial charge on any atom is -0.497 e. The van der Waals surface area contributed by atoms with Gasteiger partial charge in [0.2, 0.25) is 0 Å². The number of hydrazone groups is 1. The first kappa shape index (κ1) is 18.6. The summed E-state index contributed by atoms with van der Waals surface area (Å²) in [6.45, 7) is 0. The van der Waals surface area contributed by atoms with Gasteiger partial charge in [-0.2, -0.15) is 10.2 Å². The van der Waals surface area contributed by atoms with E-state index in [9.17, 15) is 4.79 Å². The molecule has 0 aliphatic rings. The van der Waals surface area contributed by atoms with Gasteiger partial charge in [-0.25, -0.2) is 10.1 Å². The predicted molar refractivity (Wildman–Crippen MR) is 115 cm³/mol. The van der Waals surface area contributed by atoms with Crippen LogP contribution in [0.2, 0.25) is 0 Å². The highest BCUT2D eigenvalue weighted by Crippen LogP contribution is 2.26. The Labute approximate surface area is 172 Å². The number of amides is 1. The molecule has 0 aliphatic heterocycles. The molecular weight excluding hydrogens is 384 g/mol. The van der Waals surface area contributed by atoms with Crippen LogP contribution in [-0.4, -0.2) is 29.0 Å². The van der Waals surface area contributed by atoms with Crippen molar-refractivity contribution in [3.63, 3.8) is 0 Å². The number of para-hydroxylation sites is 1. The second kappa shape index (κ2) is 8.53. The normalized spacial score (nSPS) is 10.9. The number of methoxy groups -OCH3 is 1. The van der Waals surface area contributed by atoms with Crippen LogP contribution in [0.4, 0.5) is 0 Å². The molecule has 0 unspecified atom stereocenters. The van der Waals surface area contributed by atoms with Crippen molar-refractivity contribution < 1.29 is 9.53 Å². The lowest BCUT2D eigenvalue weighted by atomic mass is 10.2. The molecule has 2 aromatic heterocycles. The van der Waals surface area contributed by atoms with E-state index < -0.39 is 0 Å². The summed E-state index contributed by atoms with van der Waals surface area (Å²) in [6, 6.07) is 20.8. The van der Waals surface area contributed by atoms with E-state index in [1.807, 2.05) is 54.0 Å². The van der Waals surface area contributed by atoms with Gasteiger partial charge in [-0.15, -0.1) is 11.3 Å². The topological polar surface area (TPSA) is 68.5 Å². The molecule has 1 N–H and O–H groups in total. The average Bonchev–Trinajstić information content (AvgIpc) is 3.44. The number of nitrogens with one attached hydrogen (secondary N) is 1. The predicted octanol–water partition coefficient (Wildman–Crippen LogP) is 4.37. The van der Waals surface area contributed by atoms with E-state index in [2.05, 4.69) is 10.5 Å². The van der Waals surface area contributed by atoms with Crippen LogP contribution in [0.1, 0.15) is 15.9 Å². The number of thiophene rings is 1. The minimum atomic E-state index is -0.312. The number of hydrogen-bond acceptors (Lipinski definition) is 5. The smallest absolute Gasteiger partial charge is 0.271 e. The monoisotopic (exact) mass is 402 g/mol. The van der Waals surface area contributed by atoms with Crippen molar-refractivity contribution in [1.82, 2.24) is 15.2 Å². The van der Waals surface area contributed by atoms with Crippen molar-refractivity contribution >= 4 is 23.5 Å². The maximum atomic E-state index is 12.3. The zero-order valence-electron chi connectivity index (χ0n) is 15.6. The molecule has 0 aliphatic carbocycles. The van der Waals surface area contributed by atoms with Gasteiger partial charge in [0, 0.05) is 17.3 Å². The zero-order valence-corrected chi connectivity index (χ0v) is 16.5. The first-order valence-corrected chi connectivity index (χ1v) is 9.79. The van der Waals surface area contributed by atoms with E-state index in [0.717, 1.165) is 21.8 Å². The van der Waals surface area contributed by atoms with Crippen molar-refractivity contribution in [2.75, 3.05) is 7.11 Å². The first-order chi connectivity index (χ1) is 14.2. The Hall–Kier alpha value is -3.71. The van der Waals surface area contributed by atoms with Crippen LogP contribution >= 0.6 is 11.3 Å². The molecule has 2 aromatic carbocycles. The van der Waals surface area contributed by atoms with Crippen LogP contribution in [0.3, 0.4) is 0 Å². The number of hydrogen-bond donors (Lipinski definition) is 1. The molecule has 0 saturated heterocycles. The lowest BCUT2D eigenvalue weighted by molar-refractivity contribution is 0.0955. The largest absolute Gasteiger partial charge is 0.497 e. The third-order valence-corrected chi connectivity index (χ3v) is 5.10.